The Hall–Kier alpha value is -2.18. The summed E-state index contributed by atoms with van der Waals surface area (Å²) >= 11 is 0. The summed E-state index contributed by atoms with van der Waals surface area (Å²) in [6.45, 7) is 0.475. The van der Waals surface area contributed by atoms with Gasteiger partial charge in [0.15, 0.2) is 0 Å². The third kappa shape index (κ3) is 2.51. The molecule has 0 bridgehead atoms. The van der Waals surface area contributed by atoms with Crippen LogP contribution in [-0.4, -0.2) is 30.3 Å². The molecule has 3 rings (SSSR count). The Kier molecular flexibility index (Phi) is 3.72. The van der Waals surface area contributed by atoms with Crippen molar-refractivity contribution in [1.82, 2.24) is 4.31 Å². The number of carboxylic acid groups (broad SMARTS) is 1. The van der Waals surface area contributed by atoms with E-state index in [1.807, 2.05) is 30.3 Å². The second kappa shape index (κ2) is 5.55. The zero-order valence-corrected chi connectivity index (χ0v) is 12.5. The number of nitrogens with zero attached hydrogens (tertiary/aromatic N) is 1. The molecule has 0 aliphatic carbocycles. The lowest BCUT2D eigenvalue weighted by Crippen LogP contribution is -2.44. The number of hydrogen-bond donors (Lipinski definition) is 1. The normalized spacial score (nSPS) is 18.6. The van der Waals surface area contributed by atoms with Crippen molar-refractivity contribution in [3.63, 3.8) is 0 Å². The van der Waals surface area contributed by atoms with Gasteiger partial charge < -0.3 is 5.11 Å². The third-order valence-electron chi connectivity index (χ3n) is 3.86. The standard InChI is InChI=1S/C16H15NO4S/c18-16(19)13-6-8-14(9-7-13)22(20,21)17-11-10-15(17)12-4-2-1-3-5-12/h1-9,15H,10-11H2,(H,18,19). The van der Waals surface area contributed by atoms with Crippen LogP contribution in [0.15, 0.2) is 59.5 Å². The lowest BCUT2D eigenvalue weighted by atomic mass is 9.98. The van der Waals surface area contributed by atoms with E-state index in [2.05, 4.69) is 0 Å². The van der Waals surface area contributed by atoms with E-state index in [1.54, 1.807) is 0 Å². The van der Waals surface area contributed by atoms with E-state index in [9.17, 15) is 13.2 Å². The zero-order chi connectivity index (χ0) is 15.7. The fourth-order valence-corrected chi connectivity index (χ4v) is 4.22. The van der Waals surface area contributed by atoms with Crippen molar-refractivity contribution in [2.75, 3.05) is 6.54 Å². The van der Waals surface area contributed by atoms with Gasteiger partial charge in [-0.2, -0.15) is 4.31 Å². The summed E-state index contributed by atoms with van der Waals surface area (Å²) < 4.78 is 26.8. The highest BCUT2D eigenvalue weighted by Crippen LogP contribution is 2.37. The fraction of sp³-hybridized carbons (Fsp3) is 0.188. The molecule has 1 aliphatic rings. The second-order valence-corrected chi connectivity index (χ2v) is 7.05. The van der Waals surface area contributed by atoms with E-state index >= 15 is 0 Å². The van der Waals surface area contributed by atoms with Gasteiger partial charge in [0.1, 0.15) is 0 Å². The molecule has 1 N–H and O–H groups in total. The largest absolute Gasteiger partial charge is 0.478 e. The topological polar surface area (TPSA) is 74.7 Å². The molecule has 0 saturated carbocycles. The van der Waals surface area contributed by atoms with Crippen LogP contribution >= 0.6 is 0 Å². The summed E-state index contributed by atoms with van der Waals surface area (Å²) in [7, 11) is -3.60. The molecule has 0 aromatic heterocycles. The molecular formula is C16H15NO4S. The molecule has 5 nitrogen and oxygen atoms in total. The van der Waals surface area contributed by atoms with Crippen molar-refractivity contribution in [3.8, 4) is 0 Å². The minimum Gasteiger partial charge on any atom is -0.478 e. The molecular weight excluding hydrogens is 302 g/mol. The van der Waals surface area contributed by atoms with Gasteiger partial charge in [-0.25, -0.2) is 13.2 Å². The second-order valence-electron chi connectivity index (χ2n) is 5.16. The first-order chi connectivity index (χ1) is 10.5. The van der Waals surface area contributed by atoms with Crippen molar-refractivity contribution in [2.45, 2.75) is 17.4 Å². The van der Waals surface area contributed by atoms with Crippen LogP contribution in [0.3, 0.4) is 0 Å². The van der Waals surface area contributed by atoms with Crippen LogP contribution in [0.25, 0.3) is 0 Å². The van der Waals surface area contributed by atoms with Crippen molar-refractivity contribution in [2.24, 2.45) is 0 Å². The third-order valence-corrected chi connectivity index (χ3v) is 5.79. The van der Waals surface area contributed by atoms with Gasteiger partial charge in [0.25, 0.3) is 0 Å². The summed E-state index contributed by atoms with van der Waals surface area (Å²) in [5.74, 6) is -1.07. The van der Waals surface area contributed by atoms with Gasteiger partial charge in [-0.05, 0) is 36.2 Å². The molecule has 1 heterocycles. The zero-order valence-electron chi connectivity index (χ0n) is 11.7. The fourth-order valence-electron chi connectivity index (χ4n) is 2.56. The van der Waals surface area contributed by atoms with E-state index in [0.29, 0.717) is 6.54 Å². The Labute approximate surface area is 128 Å². The maximum absolute atomic E-state index is 12.7. The van der Waals surface area contributed by atoms with Crippen LogP contribution in [0.4, 0.5) is 0 Å². The molecule has 0 radical (unpaired) electrons. The first-order valence-corrected chi connectivity index (χ1v) is 8.34. The van der Waals surface area contributed by atoms with Crippen LogP contribution in [0.1, 0.15) is 28.4 Å². The highest BCUT2D eigenvalue weighted by Gasteiger charge is 2.39. The van der Waals surface area contributed by atoms with Crippen molar-refractivity contribution >= 4 is 16.0 Å². The Bertz CT molecular complexity index is 785. The number of hydrogen-bond acceptors (Lipinski definition) is 3. The van der Waals surface area contributed by atoms with Gasteiger partial charge in [-0.15, -0.1) is 0 Å². The molecule has 114 valence electrons. The molecule has 1 saturated heterocycles. The van der Waals surface area contributed by atoms with Gasteiger partial charge in [0.05, 0.1) is 16.5 Å². The minimum absolute atomic E-state index is 0.0715. The first-order valence-electron chi connectivity index (χ1n) is 6.90. The highest BCUT2D eigenvalue weighted by molar-refractivity contribution is 7.89. The Morgan fingerprint density at radius 2 is 1.68 bits per heavy atom. The molecule has 1 aliphatic heterocycles. The average molecular weight is 317 g/mol. The summed E-state index contributed by atoms with van der Waals surface area (Å²) in [4.78, 5) is 11.0. The Balaban J connectivity index is 1.88. The number of carboxylic acids is 1. The van der Waals surface area contributed by atoms with E-state index < -0.39 is 16.0 Å². The Morgan fingerprint density at radius 3 is 2.18 bits per heavy atom. The number of carbonyl (C=O) groups is 1. The predicted octanol–water partition coefficient (Wildman–Crippen LogP) is 2.52. The number of benzene rings is 2. The van der Waals surface area contributed by atoms with Gasteiger partial charge in [0.2, 0.25) is 10.0 Å². The summed E-state index contributed by atoms with van der Waals surface area (Å²) in [5.41, 5.74) is 1.04. The van der Waals surface area contributed by atoms with Crippen LogP contribution < -0.4 is 0 Å². The quantitative estimate of drug-likeness (QED) is 0.940. The van der Waals surface area contributed by atoms with Crippen LogP contribution in [-0.2, 0) is 10.0 Å². The van der Waals surface area contributed by atoms with E-state index in [1.165, 1.54) is 28.6 Å². The molecule has 0 amide bonds. The van der Waals surface area contributed by atoms with Gasteiger partial charge in [-0.3, -0.25) is 0 Å². The van der Waals surface area contributed by atoms with Gasteiger partial charge in [-0.1, -0.05) is 30.3 Å². The van der Waals surface area contributed by atoms with E-state index in [-0.39, 0.29) is 16.5 Å². The van der Waals surface area contributed by atoms with Crippen LogP contribution in [0, 0.1) is 0 Å². The first kappa shape index (κ1) is 14.7. The van der Waals surface area contributed by atoms with Gasteiger partial charge in [0, 0.05) is 6.54 Å². The highest BCUT2D eigenvalue weighted by atomic mass is 32.2. The molecule has 0 spiro atoms. The summed E-state index contributed by atoms with van der Waals surface area (Å²) in [5, 5.41) is 8.88. The summed E-state index contributed by atoms with van der Waals surface area (Å²) in [6, 6.07) is 14.7. The monoisotopic (exact) mass is 317 g/mol. The predicted molar refractivity (Wildman–Crippen MR) is 81.1 cm³/mol. The maximum atomic E-state index is 12.7. The van der Waals surface area contributed by atoms with Crippen molar-refractivity contribution in [1.29, 1.82) is 0 Å². The SMILES string of the molecule is O=C(O)c1ccc(S(=O)(=O)N2CCC2c2ccccc2)cc1. The molecule has 22 heavy (non-hydrogen) atoms. The number of rotatable bonds is 4. The van der Waals surface area contributed by atoms with Gasteiger partial charge >= 0.3 is 5.97 Å². The van der Waals surface area contributed by atoms with E-state index in [4.69, 9.17) is 5.11 Å². The smallest absolute Gasteiger partial charge is 0.335 e. The number of aromatic carboxylic acids is 1. The Morgan fingerprint density at radius 1 is 1.05 bits per heavy atom. The minimum atomic E-state index is -3.60. The number of sulfonamides is 1. The molecule has 6 heteroatoms. The van der Waals surface area contributed by atoms with Crippen LogP contribution in [0.2, 0.25) is 0 Å². The van der Waals surface area contributed by atoms with E-state index in [0.717, 1.165) is 12.0 Å². The van der Waals surface area contributed by atoms with Crippen molar-refractivity contribution in [3.05, 3.63) is 65.7 Å². The maximum Gasteiger partial charge on any atom is 0.335 e. The molecule has 2 aromatic rings. The molecule has 1 unspecified atom stereocenters. The lowest BCUT2D eigenvalue weighted by molar-refractivity contribution is 0.0696. The van der Waals surface area contributed by atoms with Crippen molar-refractivity contribution < 1.29 is 18.3 Å². The summed E-state index contributed by atoms with van der Waals surface area (Å²) in [6.07, 6.45) is 0.788. The molecule has 2 aromatic carbocycles. The molecule has 1 atom stereocenters. The average Bonchev–Trinajstić information content (AvgIpc) is 2.47. The van der Waals surface area contributed by atoms with Crippen LogP contribution in [0.5, 0.6) is 0 Å². The molecule has 1 fully saturated rings. The lowest BCUT2D eigenvalue weighted by Gasteiger charge is -2.40.